The lowest BCUT2D eigenvalue weighted by Crippen LogP contribution is -2.24. The number of benzene rings is 2. The van der Waals surface area contributed by atoms with E-state index in [1.54, 1.807) is 12.1 Å². The van der Waals surface area contributed by atoms with Crippen LogP contribution in [0.5, 0.6) is 11.5 Å². The summed E-state index contributed by atoms with van der Waals surface area (Å²) < 4.78 is 5.43. The normalized spacial score (nSPS) is 12.1. The summed E-state index contributed by atoms with van der Waals surface area (Å²) in [7, 11) is 0. The van der Waals surface area contributed by atoms with Crippen molar-refractivity contribution in [2.45, 2.75) is 26.2 Å². The molecular weight excluding hydrogens is 340 g/mol. The molecule has 0 aliphatic rings. The van der Waals surface area contributed by atoms with Crippen LogP contribution in [0.1, 0.15) is 37.3 Å². The van der Waals surface area contributed by atoms with E-state index in [9.17, 15) is 9.90 Å². The van der Waals surface area contributed by atoms with Crippen LogP contribution in [0, 0.1) is 0 Å². The molecule has 2 aromatic carbocycles. The van der Waals surface area contributed by atoms with E-state index in [2.05, 4.69) is 24.4 Å². The van der Waals surface area contributed by atoms with E-state index in [-0.39, 0.29) is 12.4 Å². The van der Waals surface area contributed by atoms with Gasteiger partial charge in [0.2, 0.25) is 0 Å². The van der Waals surface area contributed by atoms with Gasteiger partial charge in [-0.15, -0.1) is 0 Å². The third kappa shape index (κ3) is 5.80. The van der Waals surface area contributed by atoms with E-state index < -0.39 is 5.91 Å². The maximum absolute atomic E-state index is 11.7. The number of carbonyl (C=O) groups excluding carboxylic acids is 1. The largest absolute Gasteiger partial charge is 0.507 e. The van der Waals surface area contributed by atoms with Crippen LogP contribution < -0.4 is 10.2 Å². The van der Waals surface area contributed by atoms with Gasteiger partial charge in [-0.1, -0.05) is 37.6 Å². The first-order valence-electron chi connectivity index (χ1n) is 8.02. The molecular formula is C19H21ClN2O3. The maximum atomic E-state index is 11.7. The van der Waals surface area contributed by atoms with Crippen LogP contribution in [-0.4, -0.2) is 23.8 Å². The summed E-state index contributed by atoms with van der Waals surface area (Å²) in [5, 5.41) is 13.9. The van der Waals surface area contributed by atoms with Gasteiger partial charge in [0.1, 0.15) is 11.5 Å². The smallest absolute Gasteiger partial charge is 0.277 e. The predicted octanol–water partition coefficient (Wildman–Crippen LogP) is 4.09. The van der Waals surface area contributed by atoms with E-state index in [1.807, 2.05) is 24.3 Å². The van der Waals surface area contributed by atoms with Crippen LogP contribution in [0.3, 0.4) is 0 Å². The van der Waals surface area contributed by atoms with E-state index in [0.717, 1.165) is 6.42 Å². The fourth-order valence-corrected chi connectivity index (χ4v) is 2.29. The number of phenols is 1. The zero-order valence-corrected chi connectivity index (χ0v) is 15.0. The number of hydrazone groups is 1. The van der Waals surface area contributed by atoms with Crippen molar-refractivity contribution in [3.05, 3.63) is 58.6 Å². The topological polar surface area (TPSA) is 70.9 Å². The second kappa shape index (κ2) is 9.08. The zero-order valence-electron chi connectivity index (χ0n) is 14.2. The highest BCUT2D eigenvalue weighted by Crippen LogP contribution is 2.21. The van der Waals surface area contributed by atoms with Gasteiger partial charge in [-0.05, 0) is 48.2 Å². The number of nitrogens with one attached hydrogen (secondary N) is 1. The highest BCUT2D eigenvalue weighted by molar-refractivity contribution is 6.30. The van der Waals surface area contributed by atoms with Gasteiger partial charge in [0, 0.05) is 10.6 Å². The molecule has 0 unspecified atom stereocenters. The molecule has 0 aliphatic heterocycles. The lowest BCUT2D eigenvalue weighted by molar-refractivity contribution is -0.123. The summed E-state index contributed by atoms with van der Waals surface area (Å²) in [6.45, 7) is 4.16. The van der Waals surface area contributed by atoms with Crippen molar-refractivity contribution < 1.29 is 14.6 Å². The molecule has 5 nitrogen and oxygen atoms in total. The summed E-state index contributed by atoms with van der Waals surface area (Å²) in [5.41, 5.74) is 3.99. The summed E-state index contributed by atoms with van der Waals surface area (Å²) in [6, 6.07) is 12.3. The second-order valence-electron chi connectivity index (χ2n) is 5.66. The molecule has 0 radical (unpaired) electrons. The minimum Gasteiger partial charge on any atom is -0.507 e. The van der Waals surface area contributed by atoms with Crippen LogP contribution >= 0.6 is 11.6 Å². The number of hydrogen-bond donors (Lipinski definition) is 2. The Bertz CT molecular complexity index is 745. The number of nitrogens with zero attached hydrogens (tertiary/aromatic N) is 1. The fraction of sp³-hybridized carbons (Fsp3) is 0.263. The lowest BCUT2D eigenvalue weighted by atomic mass is 9.99. The molecule has 0 saturated heterocycles. The highest BCUT2D eigenvalue weighted by atomic mass is 35.5. The first-order valence-corrected chi connectivity index (χ1v) is 8.40. The molecule has 0 heterocycles. The van der Waals surface area contributed by atoms with Crippen molar-refractivity contribution in [1.29, 1.82) is 0 Å². The van der Waals surface area contributed by atoms with Gasteiger partial charge in [0.25, 0.3) is 5.91 Å². The highest BCUT2D eigenvalue weighted by Gasteiger charge is 2.05. The van der Waals surface area contributed by atoms with Crippen molar-refractivity contribution >= 4 is 23.7 Å². The molecule has 0 aliphatic carbocycles. The van der Waals surface area contributed by atoms with Gasteiger partial charge in [0.15, 0.2) is 6.61 Å². The average Bonchev–Trinajstić information content (AvgIpc) is 2.62. The zero-order chi connectivity index (χ0) is 18.2. The van der Waals surface area contributed by atoms with Crippen molar-refractivity contribution in [3.8, 4) is 11.5 Å². The molecule has 1 amide bonds. The summed E-state index contributed by atoms with van der Waals surface area (Å²) in [5.74, 6) is 0.747. The van der Waals surface area contributed by atoms with Gasteiger partial charge in [-0.2, -0.15) is 5.10 Å². The Labute approximate surface area is 152 Å². The molecule has 2 N–H and O–H groups in total. The van der Waals surface area contributed by atoms with Gasteiger partial charge >= 0.3 is 0 Å². The van der Waals surface area contributed by atoms with Crippen molar-refractivity contribution in [2.24, 2.45) is 5.10 Å². The maximum Gasteiger partial charge on any atom is 0.277 e. The molecule has 0 aromatic heterocycles. The van der Waals surface area contributed by atoms with E-state index >= 15 is 0 Å². The van der Waals surface area contributed by atoms with Crippen molar-refractivity contribution in [2.75, 3.05) is 6.61 Å². The number of carbonyl (C=O) groups is 1. The van der Waals surface area contributed by atoms with Gasteiger partial charge in [-0.3, -0.25) is 4.79 Å². The fourth-order valence-electron chi connectivity index (χ4n) is 2.11. The first-order chi connectivity index (χ1) is 12.0. The third-order valence-corrected chi connectivity index (χ3v) is 4.05. The van der Waals surface area contributed by atoms with Crippen molar-refractivity contribution in [3.63, 3.8) is 0 Å². The molecule has 6 heteroatoms. The molecule has 0 bridgehead atoms. The summed E-state index contributed by atoms with van der Waals surface area (Å²) in [6.07, 6.45) is 2.39. The SMILES string of the molecule is CC[C@@H](C)c1ccc(OCC(=O)N/N=C/c2cc(Cl)ccc2O)cc1. The van der Waals surface area contributed by atoms with E-state index in [4.69, 9.17) is 16.3 Å². The van der Waals surface area contributed by atoms with Gasteiger partial charge in [0.05, 0.1) is 6.21 Å². The molecule has 132 valence electrons. The summed E-state index contributed by atoms with van der Waals surface area (Å²) >= 11 is 5.84. The number of hydrogen-bond acceptors (Lipinski definition) is 4. The Morgan fingerprint density at radius 1 is 1.32 bits per heavy atom. The lowest BCUT2D eigenvalue weighted by Gasteiger charge is -2.10. The number of ether oxygens (including phenoxy) is 1. The number of halogens is 1. The molecule has 2 aromatic rings. The molecule has 1 atom stereocenters. The Balaban J connectivity index is 1.82. The number of amides is 1. The van der Waals surface area contributed by atoms with Crippen molar-refractivity contribution in [1.82, 2.24) is 5.43 Å². The molecule has 0 fully saturated rings. The minimum atomic E-state index is -0.399. The van der Waals surface area contributed by atoms with Crippen LogP contribution in [0.2, 0.25) is 5.02 Å². The molecule has 0 saturated carbocycles. The van der Waals surface area contributed by atoms with Crippen LogP contribution in [0.25, 0.3) is 0 Å². The number of rotatable bonds is 7. The number of aromatic hydroxyl groups is 1. The molecule has 25 heavy (non-hydrogen) atoms. The standard InChI is InChI=1S/C19H21ClN2O3/c1-3-13(2)14-4-7-17(8-5-14)25-12-19(24)22-21-11-15-10-16(20)6-9-18(15)23/h4-11,13,23H,3,12H2,1-2H3,(H,22,24)/b21-11+/t13-/m1/s1. The van der Waals surface area contributed by atoms with Crippen LogP contribution in [-0.2, 0) is 4.79 Å². The van der Waals surface area contributed by atoms with Gasteiger partial charge in [-0.25, -0.2) is 5.43 Å². The quantitative estimate of drug-likeness (QED) is 0.577. The van der Waals surface area contributed by atoms with E-state index in [1.165, 1.54) is 17.8 Å². The molecule has 0 spiro atoms. The second-order valence-corrected chi connectivity index (χ2v) is 6.10. The Morgan fingerprint density at radius 2 is 2.04 bits per heavy atom. The Morgan fingerprint density at radius 3 is 2.72 bits per heavy atom. The monoisotopic (exact) mass is 360 g/mol. The van der Waals surface area contributed by atoms with Crippen LogP contribution in [0.15, 0.2) is 47.6 Å². The summed E-state index contributed by atoms with van der Waals surface area (Å²) in [4.78, 5) is 11.7. The first kappa shape index (κ1) is 18.8. The Kier molecular flexibility index (Phi) is 6.83. The predicted molar refractivity (Wildman–Crippen MR) is 99.5 cm³/mol. The number of phenolic OH excluding ortho intramolecular Hbond substituents is 1. The minimum absolute atomic E-state index is 0.0278. The molecule has 2 rings (SSSR count). The van der Waals surface area contributed by atoms with Crippen LogP contribution in [0.4, 0.5) is 0 Å². The Hall–Kier alpha value is -2.53. The average molecular weight is 361 g/mol. The third-order valence-electron chi connectivity index (χ3n) is 3.81. The van der Waals surface area contributed by atoms with Gasteiger partial charge < -0.3 is 9.84 Å². The van der Waals surface area contributed by atoms with E-state index in [0.29, 0.717) is 22.3 Å².